The van der Waals surface area contributed by atoms with Crippen LogP contribution in [0.25, 0.3) is 10.9 Å². The minimum atomic E-state index is -0.611. The summed E-state index contributed by atoms with van der Waals surface area (Å²) < 4.78 is 26.0. The number of rotatable bonds is 12. The van der Waals surface area contributed by atoms with Crippen molar-refractivity contribution in [2.45, 2.75) is 59.7 Å². The first-order chi connectivity index (χ1) is 16.1. The van der Waals surface area contributed by atoms with Gasteiger partial charge in [-0.3, -0.25) is 9.69 Å². The van der Waals surface area contributed by atoms with Gasteiger partial charge in [0.05, 0.1) is 25.3 Å². The third-order valence-electron chi connectivity index (χ3n) is 5.55. The molecule has 0 spiro atoms. The number of amides is 1. The molecule has 0 radical (unpaired) electrons. The van der Waals surface area contributed by atoms with Crippen LogP contribution in [-0.4, -0.2) is 53.7 Å². The number of hydrogen-bond acceptors (Lipinski definition) is 7. The van der Waals surface area contributed by atoms with Gasteiger partial charge in [0.2, 0.25) is 5.91 Å². The number of benzene rings is 1. The van der Waals surface area contributed by atoms with Crippen LogP contribution in [0, 0.1) is 0 Å². The molecule has 0 aliphatic rings. The number of methoxy groups -OCH3 is 1. The van der Waals surface area contributed by atoms with Crippen molar-refractivity contribution in [2.24, 2.45) is 5.73 Å². The second-order valence-corrected chi connectivity index (χ2v) is 8.35. The molecule has 3 N–H and O–H groups in total. The maximum Gasteiger partial charge on any atom is 0.237 e. The molecule has 1 aromatic heterocycles. The fourth-order valence-corrected chi connectivity index (χ4v) is 3.59. The number of nitrogens with zero attached hydrogens (tertiary/aromatic N) is 3. The minimum absolute atomic E-state index is 0.0243. The van der Waals surface area contributed by atoms with Crippen LogP contribution in [-0.2, 0) is 16.1 Å². The predicted molar refractivity (Wildman–Crippen MR) is 133 cm³/mol. The van der Waals surface area contributed by atoms with E-state index in [0.29, 0.717) is 46.7 Å². The van der Waals surface area contributed by atoms with Crippen LogP contribution in [0.4, 0.5) is 10.2 Å². The predicted octanol–water partition coefficient (Wildman–Crippen LogP) is 4.32. The summed E-state index contributed by atoms with van der Waals surface area (Å²) in [4.78, 5) is 22.5. The zero-order valence-electron chi connectivity index (χ0n) is 21.1. The number of nitrogens with two attached hydrogens (primary N) is 1. The Balaban J connectivity index is 2.45. The second kappa shape index (κ2) is 12.4. The molecule has 1 unspecified atom stereocenters. The molecule has 0 fully saturated rings. The van der Waals surface area contributed by atoms with Crippen LogP contribution in [0.3, 0.4) is 0 Å². The number of carbonyl (C=O) groups excluding carboxylic acids is 1. The van der Waals surface area contributed by atoms with Crippen molar-refractivity contribution in [3.63, 3.8) is 0 Å². The Kier molecular flexibility index (Phi) is 9.95. The third-order valence-corrected chi connectivity index (χ3v) is 5.55. The monoisotopic (exact) mass is 473 g/mol. The normalized spacial score (nSPS) is 13.9. The van der Waals surface area contributed by atoms with Gasteiger partial charge in [0.1, 0.15) is 29.8 Å². The lowest BCUT2D eigenvalue weighted by Gasteiger charge is -2.27. The number of hydrogen-bond donors (Lipinski definition) is 2. The second-order valence-electron chi connectivity index (χ2n) is 8.35. The number of allylic oxidation sites excluding steroid dienone is 4. The number of carbonyl (C=O) groups is 1. The van der Waals surface area contributed by atoms with Crippen molar-refractivity contribution in [3.8, 4) is 5.75 Å². The molecule has 0 saturated carbocycles. The SMILES string of the molecule is C/C=C(CC)\C(F)=C(/C)Nc1ncnc2cc(OC)c(CN(C)C(COC(C)C)C(N)=O)cc12. The van der Waals surface area contributed by atoms with Crippen LogP contribution in [0.15, 0.2) is 41.6 Å². The molecule has 1 amide bonds. The number of fused-ring (bicyclic) bond motifs is 1. The number of ether oxygens (including phenoxy) is 2. The van der Waals surface area contributed by atoms with Gasteiger partial charge in [-0.25, -0.2) is 14.4 Å². The number of halogens is 1. The fourth-order valence-electron chi connectivity index (χ4n) is 3.59. The first-order valence-electron chi connectivity index (χ1n) is 11.3. The number of primary amides is 1. The van der Waals surface area contributed by atoms with E-state index in [-0.39, 0.29) is 18.5 Å². The summed E-state index contributed by atoms with van der Waals surface area (Å²) in [6, 6.07) is 3.07. The van der Waals surface area contributed by atoms with Crippen molar-refractivity contribution in [2.75, 3.05) is 26.1 Å². The summed E-state index contributed by atoms with van der Waals surface area (Å²) in [5.41, 5.74) is 8.06. The van der Waals surface area contributed by atoms with E-state index >= 15 is 0 Å². The summed E-state index contributed by atoms with van der Waals surface area (Å²) in [6.45, 7) is 9.74. The average Bonchev–Trinajstić information content (AvgIpc) is 2.79. The van der Waals surface area contributed by atoms with E-state index in [1.165, 1.54) is 6.33 Å². The molecule has 8 nitrogen and oxygen atoms in total. The number of aromatic nitrogens is 2. The lowest BCUT2D eigenvalue weighted by Crippen LogP contribution is -2.45. The molecule has 9 heteroatoms. The standard InChI is InChI=1S/C25H36FN5O3/c1-8-17(9-2)23(26)16(5)30-25-19-10-18(22(33-7)11-20(19)28-14-29-25)12-31(6)21(24(27)32)13-34-15(3)4/h8,10-11,14-15,21H,9,12-13H2,1-7H3,(H2,27,32)(H,28,29,30)/b17-8-,23-16-. The van der Waals surface area contributed by atoms with Gasteiger partial charge in [0, 0.05) is 29.3 Å². The first-order valence-corrected chi connectivity index (χ1v) is 11.3. The van der Waals surface area contributed by atoms with E-state index in [1.807, 2.05) is 38.7 Å². The van der Waals surface area contributed by atoms with E-state index < -0.39 is 11.9 Å². The summed E-state index contributed by atoms with van der Waals surface area (Å²) in [5.74, 6) is 0.309. The Morgan fingerprint density at radius 3 is 2.59 bits per heavy atom. The van der Waals surface area contributed by atoms with Gasteiger partial charge in [0.15, 0.2) is 0 Å². The lowest BCUT2D eigenvalue weighted by atomic mass is 10.1. The highest BCUT2D eigenvalue weighted by Crippen LogP contribution is 2.31. The van der Waals surface area contributed by atoms with E-state index in [0.717, 1.165) is 5.56 Å². The average molecular weight is 474 g/mol. The largest absolute Gasteiger partial charge is 0.496 e. The Hall–Kier alpha value is -3.04. The molecule has 0 aliphatic heterocycles. The molecule has 2 rings (SSSR count). The van der Waals surface area contributed by atoms with Crippen molar-refractivity contribution >= 4 is 22.6 Å². The minimum Gasteiger partial charge on any atom is -0.496 e. The van der Waals surface area contributed by atoms with E-state index in [9.17, 15) is 9.18 Å². The number of likely N-dealkylation sites (N-methyl/N-ethyl adjacent to an activating group) is 1. The molecule has 0 bridgehead atoms. The Morgan fingerprint density at radius 2 is 2.03 bits per heavy atom. The van der Waals surface area contributed by atoms with Crippen LogP contribution in [0.5, 0.6) is 5.75 Å². The highest BCUT2D eigenvalue weighted by molar-refractivity contribution is 5.91. The van der Waals surface area contributed by atoms with Crippen LogP contribution < -0.4 is 15.8 Å². The van der Waals surface area contributed by atoms with Crippen molar-refractivity contribution in [1.29, 1.82) is 0 Å². The molecule has 2 aromatic rings. The Bertz CT molecular complexity index is 1070. The summed E-state index contributed by atoms with van der Waals surface area (Å²) in [7, 11) is 3.37. The molecule has 0 saturated heterocycles. The summed E-state index contributed by atoms with van der Waals surface area (Å²) in [5, 5.41) is 3.79. The summed E-state index contributed by atoms with van der Waals surface area (Å²) in [6.07, 6.45) is 3.74. The Morgan fingerprint density at radius 1 is 1.32 bits per heavy atom. The van der Waals surface area contributed by atoms with Crippen LogP contribution >= 0.6 is 0 Å². The first kappa shape index (κ1) is 27.2. The van der Waals surface area contributed by atoms with Crippen LogP contribution in [0.1, 0.15) is 46.6 Å². The molecular weight excluding hydrogens is 437 g/mol. The van der Waals surface area contributed by atoms with E-state index in [4.69, 9.17) is 15.2 Å². The zero-order valence-corrected chi connectivity index (χ0v) is 21.1. The number of nitrogens with one attached hydrogen (secondary N) is 1. The highest BCUT2D eigenvalue weighted by atomic mass is 19.1. The van der Waals surface area contributed by atoms with Gasteiger partial charge < -0.3 is 20.5 Å². The Labute approximate surface area is 201 Å². The van der Waals surface area contributed by atoms with E-state index in [1.54, 1.807) is 33.2 Å². The number of anilines is 1. The zero-order chi connectivity index (χ0) is 25.4. The molecule has 1 aromatic carbocycles. The molecule has 0 aliphatic carbocycles. The maximum atomic E-state index is 14.8. The molecule has 1 atom stereocenters. The fraction of sp³-hybridized carbons (Fsp3) is 0.480. The van der Waals surface area contributed by atoms with E-state index in [2.05, 4.69) is 15.3 Å². The molecular formula is C25H36FN5O3. The van der Waals surface area contributed by atoms with Gasteiger partial charge >= 0.3 is 0 Å². The third kappa shape index (κ3) is 6.74. The highest BCUT2D eigenvalue weighted by Gasteiger charge is 2.23. The smallest absolute Gasteiger partial charge is 0.237 e. The molecule has 1 heterocycles. The van der Waals surface area contributed by atoms with Gasteiger partial charge in [-0.15, -0.1) is 0 Å². The van der Waals surface area contributed by atoms with Crippen molar-refractivity contribution in [3.05, 3.63) is 47.2 Å². The van der Waals surface area contributed by atoms with Gasteiger partial charge in [-0.1, -0.05) is 13.0 Å². The van der Waals surface area contributed by atoms with Gasteiger partial charge in [-0.05, 0) is 52.8 Å². The van der Waals surface area contributed by atoms with Crippen LogP contribution in [0.2, 0.25) is 0 Å². The molecule has 186 valence electrons. The van der Waals surface area contributed by atoms with Crippen molar-refractivity contribution in [1.82, 2.24) is 14.9 Å². The molecule has 34 heavy (non-hydrogen) atoms. The maximum absolute atomic E-state index is 14.8. The summed E-state index contributed by atoms with van der Waals surface area (Å²) >= 11 is 0. The quantitative estimate of drug-likeness (QED) is 0.443. The van der Waals surface area contributed by atoms with Gasteiger partial charge in [-0.2, -0.15) is 0 Å². The lowest BCUT2D eigenvalue weighted by molar-refractivity contribution is -0.125. The van der Waals surface area contributed by atoms with Gasteiger partial charge in [0.25, 0.3) is 0 Å². The van der Waals surface area contributed by atoms with Crippen molar-refractivity contribution < 1.29 is 18.7 Å². The topological polar surface area (TPSA) is 103 Å².